The molecule has 0 aromatic heterocycles. The number of anilines is 1. The van der Waals surface area contributed by atoms with E-state index in [1.54, 1.807) is 12.1 Å². The highest BCUT2D eigenvalue weighted by Crippen LogP contribution is 2.19. The molecule has 1 atom stereocenters. The number of carbonyl (C=O) groups is 1. The van der Waals surface area contributed by atoms with E-state index >= 15 is 0 Å². The van der Waals surface area contributed by atoms with Crippen molar-refractivity contribution in [2.45, 2.75) is 26.3 Å². The summed E-state index contributed by atoms with van der Waals surface area (Å²) in [6.07, 6.45) is 1.07. The third-order valence-electron chi connectivity index (χ3n) is 2.66. The molecule has 1 aromatic rings. The fraction of sp³-hybridized carbons (Fsp3) is 0.500. The van der Waals surface area contributed by atoms with E-state index in [0.717, 1.165) is 17.9 Å². The van der Waals surface area contributed by atoms with E-state index in [4.69, 9.17) is 11.6 Å². The summed E-state index contributed by atoms with van der Waals surface area (Å²) in [5.74, 6) is 2.19. The van der Waals surface area contributed by atoms with Gasteiger partial charge in [0.05, 0.1) is 17.3 Å². The highest BCUT2D eigenvalue weighted by atomic mass is 35.5. The predicted octanol–water partition coefficient (Wildman–Crippen LogP) is 3.40. The van der Waals surface area contributed by atoms with Gasteiger partial charge in [-0.05, 0) is 37.0 Å². The molecule has 1 amide bonds. The quantitative estimate of drug-likeness (QED) is 0.723. The topological polar surface area (TPSA) is 41.1 Å². The summed E-state index contributed by atoms with van der Waals surface area (Å²) in [4.78, 5) is 11.8. The molecule has 3 nitrogen and oxygen atoms in total. The molecular formula is C14H21ClN2OS. The van der Waals surface area contributed by atoms with Crippen LogP contribution in [0.1, 0.15) is 20.3 Å². The van der Waals surface area contributed by atoms with Gasteiger partial charge in [0.15, 0.2) is 0 Å². The van der Waals surface area contributed by atoms with Gasteiger partial charge in [0.1, 0.15) is 0 Å². The van der Waals surface area contributed by atoms with Gasteiger partial charge in [0, 0.05) is 6.04 Å². The first-order valence-electron chi connectivity index (χ1n) is 6.49. The molecule has 106 valence electrons. The van der Waals surface area contributed by atoms with Crippen LogP contribution in [0.5, 0.6) is 0 Å². The van der Waals surface area contributed by atoms with E-state index in [-0.39, 0.29) is 5.91 Å². The van der Waals surface area contributed by atoms with Gasteiger partial charge in [-0.25, -0.2) is 0 Å². The van der Waals surface area contributed by atoms with Crippen molar-refractivity contribution < 1.29 is 4.79 Å². The van der Waals surface area contributed by atoms with Gasteiger partial charge in [0.25, 0.3) is 0 Å². The lowest BCUT2D eigenvalue weighted by Gasteiger charge is -2.13. The first-order chi connectivity index (χ1) is 9.13. The van der Waals surface area contributed by atoms with E-state index in [9.17, 15) is 4.79 Å². The third-order valence-corrected chi connectivity index (χ3v) is 3.92. The van der Waals surface area contributed by atoms with Crippen LogP contribution in [0.4, 0.5) is 5.69 Å². The summed E-state index contributed by atoms with van der Waals surface area (Å²) in [7, 11) is 0. The van der Waals surface area contributed by atoms with Crippen molar-refractivity contribution in [3.05, 3.63) is 29.3 Å². The maximum atomic E-state index is 11.8. The summed E-state index contributed by atoms with van der Waals surface area (Å²) >= 11 is 7.89. The van der Waals surface area contributed by atoms with Crippen LogP contribution in [0.2, 0.25) is 5.02 Å². The van der Waals surface area contributed by atoms with Crippen LogP contribution in [0.15, 0.2) is 24.3 Å². The number of para-hydroxylation sites is 1. The molecular weight excluding hydrogens is 280 g/mol. The monoisotopic (exact) mass is 300 g/mol. The van der Waals surface area contributed by atoms with E-state index in [2.05, 4.69) is 24.5 Å². The average Bonchev–Trinajstić information content (AvgIpc) is 2.39. The lowest BCUT2D eigenvalue weighted by Crippen LogP contribution is -2.34. The van der Waals surface area contributed by atoms with E-state index < -0.39 is 0 Å². The van der Waals surface area contributed by atoms with Crippen LogP contribution in [-0.4, -0.2) is 30.0 Å². The Balaban J connectivity index is 2.26. The van der Waals surface area contributed by atoms with Gasteiger partial charge < -0.3 is 10.6 Å². The molecule has 0 aliphatic carbocycles. The molecule has 0 saturated carbocycles. The van der Waals surface area contributed by atoms with Gasteiger partial charge in [-0.2, -0.15) is 11.8 Å². The molecule has 0 heterocycles. The number of carbonyl (C=O) groups excluding carboxylic acids is 1. The van der Waals surface area contributed by atoms with E-state index in [0.29, 0.717) is 23.3 Å². The van der Waals surface area contributed by atoms with Crippen LogP contribution in [0.25, 0.3) is 0 Å². The van der Waals surface area contributed by atoms with Crippen molar-refractivity contribution in [1.82, 2.24) is 5.32 Å². The largest absolute Gasteiger partial charge is 0.324 e. The first kappa shape index (κ1) is 16.3. The number of hydrogen-bond acceptors (Lipinski definition) is 3. The standard InChI is InChI=1S/C14H21ClN2OS/c1-3-19-9-8-11(2)16-10-14(18)17-13-7-5-4-6-12(13)15/h4-7,11,16H,3,8-10H2,1-2H3,(H,17,18). The zero-order valence-corrected chi connectivity index (χ0v) is 13.0. The van der Waals surface area contributed by atoms with Crippen molar-refractivity contribution >= 4 is 35.0 Å². The second kappa shape index (κ2) is 9.23. The van der Waals surface area contributed by atoms with Gasteiger partial charge >= 0.3 is 0 Å². The van der Waals surface area contributed by atoms with Gasteiger partial charge in [-0.1, -0.05) is 30.7 Å². The minimum Gasteiger partial charge on any atom is -0.324 e. The Morgan fingerprint density at radius 2 is 2.16 bits per heavy atom. The smallest absolute Gasteiger partial charge is 0.238 e. The van der Waals surface area contributed by atoms with E-state index in [1.807, 2.05) is 23.9 Å². The lowest BCUT2D eigenvalue weighted by molar-refractivity contribution is -0.115. The fourth-order valence-corrected chi connectivity index (χ4v) is 2.52. The van der Waals surface area contributed by atoms with Crippen molar-refractivity contribution in [1.29, 1.82) is 0 Å². The van der Waals surface area contributed by atoms with Crippen LogP contribution in [-0.2, 0) is 4.79 Å². The molecule has 0 fully saturated rings. The second-order valence-electron chi connectivity index (χ2n) is 4.30. The number of rotatable bonds is 8. The zero-order valence-electron chi connectivity index (χ0n) is 11.4. The molecule has 1 aromatic carbocycles. The summed E-state index contributed by atoms with van der Waals surface area (Å²) in [5, 5.41) is 6.57. The predicted molar refractivity (Wildman–Crippen MR) is 85.2 cm³/mol. The number of benzene rings is 1. The molecule has 19 heavy (non-hydrogen) atoms. The molecule has 0 spiro atoms. The number of hydrogen-bond donors (Lipinski definition) is 2. The number of nitrogens with one attached hydrogen (secondary N) is 2. The highest BCUT2D eigenvalue weighted by molar-refractivity contribution is 7.99. The normalized spacial score (nSPS) is 12.2. The molecule has 0 radical (unpaired) electrons. The minimum absolute atomic E-state index is 0.0666. The molecule has 0 aliphatic rings. The van der Waals surface area contributed by atoms with Crippen molar-refractivity contribution in [3.8, 4) is 0 Å². The molecule has 0 saturated heterocycles. The molecule has 1 unspecified atom stereocenters. The summed E-state index contributed by atoms with van der Waals surface area (Å²) < 4.78 is 0. The highest BCUT2D eigenvalue weighted by Gasteiger charge is 2.07. The summed E-state index contributed by atoms with van der Waals surface area (Å²) in [6.45, 7) is 4.56. The van der Waals surface area contributed by atoms with Gasteiger partial charge in [-0.15, -0.1) is 0 Å². The van der Waals surface area contributed by atoms with Crippen LogP contribution >= 0.6 is 23.4 Å². The van der Waals surface area contributed by atoms with Crippen LogP contribution in [0, 0.1) is 0 Å². The fourth-order valence-electron chi connectivity index (χ4n) is 1.53. The average molecular weight is 301 g/mol. The Morgan fingerprint density at radius 1 is 1.42 bits per heavy atom. The first-order valence-corrected chi connectivity index (χ1v) is 8.02. The Hall–Kier alpha value is -0.710. The maximum Gasteiger partial charge on any atom is 0.238 e. The number of amides is 1. The molecule has 0 bridgehead atoms. The molecule has 5 heteroatoms. The molecule has 1 rings (SSSR count). The van der Waals surface area contributed by atoms with Crippen molar-refractivity contribution in [3.63, 3.8) is 0 Å². The Kier molecular flexibility index (Phi) is 7.94. The lowest BCUT2D eigenvalue weighted by atomic mass is 10.2. The van der Waals surface area contributed by atoms with Crippen LogP contribution < -0.4 is 10.6 Å². The maximum absolute atomic E-state index is 11.8. The molecule has 0 aliphatic heterocycles. The van der Waals surface area contributed by atoms with E-state index in [1.165, 1.54) is 0 Å². The third kappa shape index (κ3) is 6.85. The van der Waals surface area contributed by atoms with Crippen molar-refractivity contribution in [2.24, 2.45) is 0 Å². The van der Waals surface area contributed by atoms with Gasteiger partial charge in [0.2, 0.25) is 5.91 Å². The Labute approximate surface area is 124 Å². The second-order valence-corrected chi connectivity index (χ2v) is 6.10. The Bertz CT molecular complexity index is 401. The van der Waals surface area contributed by atoms with Gasteiger partial charge in [-0.3, -0.25) is 4.79 Å². The van der Waals surface area contributed by atoms with Crippen molar-refractivity contribution in [2.75, 3.05) is 23.4 Å². The number of thioether (sulfide) groups is 1. The Morgan fingerprint density at radius 3 is 2.84 bits per heavy atom. The molecule has 2 N–H and O–H groups in total. The SMILES string of the molecule is CCSCCC(C)NCC(=O)Nc1ccccc1Cl. The number of halogens is 1. The van der Waals surface area contributed by atoms with Crippen LogP contribution in [0.3, 0.4) is 0 Å². The summed E-state index contributed by atoms with van der Waals surface area (Å²) in [5.41, 5.74) is 0.658. The summed E-state index contributed by atoms with van der Waals surface area (Å²) in [6, 6.07) is 7.58. The zero-order chi connectivity index (χ0) is 14.1. The minimum atomic E-state index is -0.0666.